The summed E-state index contributed by atoms with van der Waals surface area (Å²) in [6.07, 6.45) is 22.0. The molecule has 0 atom stereocenters. The fourth-order valence-corrected chi connectivity index (χ4v) is 4.68. The van der Waals surface area contributed by atoms with E-state index >= 15 is 0 Å². The van der Waals surface area contributed by atoms with Gasteiger partial charge in [0.2, 0.25) is 0 Å². The minimum Gasteiger partial charge on any atom is -0.494 e. The number of aromatic carboxylic acids is 1. The van der Waals surface area contributed by atoms with Gasteiger partial charge in [-0.15, -0.1) is 0 Å². The molecule has 2 rings (SSSR count). The van der Waals surface area contributed by atoms with Crippen LogP contribution in [0.15, 0.2) is 42.5 Å². The van der Waals surface area contributed by atoms with E-state index in [1.54, 1.807) is 12.1 Å². The van der Waals surface area contributed by atoms with Crippen LogP contribution < -0.4 is 4.74 Å². The van der Waals surface area contributed by atoms with E-state index in [4.69, 9.17) is 9.84 Å². The first-order valence-electron chi connectivity index (χ1n) is 14.2. The first-order valence-corrected chi connectivity index (χ1v) is 14.2. The molecule has 0 aliphatic carbocycles. The van der Waals surface area contributed by atoms with E-state index < -0.39 is 5.97 Å². The molecule has 0 amide bonds. The Morgan fingerprint density at radius 1 is 0.686 bits per heavy atom. The Morgan fingerprint density at radius 3 is 1.63 bits per heavy atom. The van der Waals surface area contributed by atoms with Crippen molar-refractivity contribution < 1.29 is 14.6 Å². The van der Waals surface area contributed by atoms with Crippen LogP contribution in [0, 0.1) is 6.92 Å². The smallest absolute Gasteiger partial charge is 0.335 e. The van der Waals surface area contributed by atoms with Crippen LogP contribution in [0.3, 0.4) is 0 Å². The van der Waals surface area contributed by atoms with Crippen molar-refractivity contribution in [3.8, 4) is 16.9 Å². The summed E-state index contributed by atoms with van der Waals surface area (Å²) in [6.45, 7) is 5.12. The molecular formula is C32H48O3. The first-order chi connectivity index (χ1) is 17.1. The molecule has 0 saturated heterocycles. The highest BCUT2D eigenvalue weighted by atomic mass is 16.5. The number of benzene rings is 2. The highest BCUT2D eigenvalue weighted by molar-refractivity contribution is 5.88. The Balaban J connectivity index is 1.47. The Bertz CT molecular complexity index is 825. The molecule has 1 N–H and O–H groups in total. The van der Waals surface area contributed by atoms with Gasteiger partial charge in [-0.1, -0.05) is 121 Å². The third-order valence-electron chi connectivity index (χ3n) is 6.91. The quantitative estimate of drug-likeness (QED) is 0.192. The summed E-state index contributed by atoms with van der Waals surface area (Å²) < 4.78 is 5.97. The van der Waals surface area contributed by atoms with Gasteiger partial charge in [-0.05, 0) is 54.3 Å². The predicted octanol–water partition coefficient (Wildman–Crippen LogP) is 10.0. The summed E-state index contributed by atoms with van der Waals surface area (Å²) in [7, 11) is 0. The minimum absolute atomic E-state index is 0.310. The number of rotatable bonds is 20. The zero-order chi connectivity index (χ0) is 25.1. The molecule has 0 saturated carbocycles. The molecule has 2 aromatic carbocycles. The molecule has 3 heteroatoms. The highest BCUT2D eigenvalue weighted by Gasteiger charge is 2.06. The van der Waals surface area contributed by atoms with Crippen LogP contribution in [0.1, 0.15) is 126 Å². The van der Waals surface area contributed by atoms with Gasteiger partial charge in [0.05, 0.1) is 12.2 Å². The molecule has 0 heterocycles. The van der Waals surface area contributed by atoms with Crippen molar-refractivity contribution in [1.82, 2.24) is 0 Å². The third-order valence-corrected chi connectivity index (χ3v) is 6.91. The van der Waals surface area contributed by atoms with Gasteiger partial charge >= 0.3 is 5.97 Å². The molecule has 0 radical (unpaired) electrons. The van der Waals surface area contributed by atoms with E-state index in [2.05, 4.69) is 26.0 Å². The van der Waals surface area contributed by atoms with Gasteiger partial charge in [0.25, 0.3) is 0 Å². The molecule has 2 aromatic rings. The van der Waals surface area contributed by atoms with Crippen molar-refractivity contribution in [2.45, 2.75) is 117 Å². The summed E-state index contributed by atoms with van der Waals surface area (Å²) in [4.78, 5) is 11.0. The Labute approximate surface area is 214 Å². The Hall–Kier alpha value is -2.29. The van der Waals surface area contributed by atoms with Gasteiger partial charge < -0.3 is 9.84 Å². The zero-order valence-electron chi connectivity index (χ0n) is 22.3. The molecule has 3 nitrogen and oxygen atoms in total. The molecule has 0 spiro atoms. The number of carboxylic acid groups (broad SMARTS) is 1. The maximum absolute atomic E-state index is 11.0. The van der Waals surface area contributed by atoms with Crippen LogP contribution in [0.5, 0.6) is 5.75 Å². The van der Waals surface area contributed by atoms with E-state index in [0.29, 0.717) is 5.56 Å². The molecule has 0 aromatic heterocycles. The molecule has 194 valence electrons. The number of aryl methyl sites for hydroxylation is 1. The van der Waals surface area contributed by atoms with Crippen molar-refractivity contribution in [3.63, 3.8) is 0 Å². The number of hydrogen-bond donors (Lipinski definition) is 1. The van der Waals surface area contributed by atoms with Gasteiger partial charge in [0.15, 0.2) is 0 Å². The summed E-state index contributed by atoms with van der Waals surface area (Å²) in [6, 6.07) is 13.2. The second-order valence-corrected chi connectivity index (χ2v) is 10.0. The fourth-order valence-electron chi connectivity index (χ4n) is 4.68. The summed E-state index contributed by atoms with van der Waals surface area (Å²) in [5, 5.41) is 9.06. The van der Waals surface area contributed by atoms with Crippen LogP contribution in [-0.2, 0) is 0 Å². The average molecular weight is 481 g/mol. The van der Waals surface area contributed by atoms with Crippen molar-refractivity contribution in [3.05, 3.63) is 53.6 Å². The standard InChI is InChI=1S/C32H48O3/c1-3-4-5-6-7-8-9-10-11-12-13-14-15-16-17-18-25-35-30-23-24-31(27(2)26-30)28-19-21-29(22-20-28)32(33)34/h19-24,26H,3-18,25H2,1-2H3,(H,33,34). The van der Waals surface area contributed by atoms with E-state index in [0.717, 1.165) is 35.5 Å². The summed E-state index contributed by atoms with van der Waals surface area (Å²) >= 11 is 0. The lowest BCUT2D eigenvalue weighted by Gasteiger charge is -2.11. The SMILES string of the molecule is CCCCCCCCCCCCCCCCCCOc1ccc(-c2ccc(C(=O)O)cc2)c(C)c1. The van der Waals surface area contributed by atoms with Gasteiger partial charge in [-0.2, -0.15) is 0 Å². The number of carbonyl (C=O) groups is 1. The number of ether oxygens (including phenoxy) is 1. The second kappa shape index (κ2) is 18.0. The van der Waals surface area contributed by atoms with Crippen molar-refractivity contribution in [2.24, 2.45) is 0 Å². The molecule has 0 bridgehead atoms. The molecule has 35 heavy (non-hydrogen) atoms. The maximum atomic E-state index is 11.0. The van der Waals surface area contributed by atoms with Crippen molar-refractivity contribution >= 4 is 5.97 Å². The normalized spacial score (nSPS) is 11.0. The third kappa shape index (κ3) is 12.3. The number of unbranched alkanes of at least 4 members (excludes halogenated alkanes) is 15. The van der Waals surface area contributed by atoms with E-state index in [-0.39, 0.29) is 0 Å². The largest absolute Gasteiger partial charge is 0.494 e. The van der Waals surface area contributed by atoms with Crippen LogP contribution in [0.25, 0.3) is 11.1 Å². The zero-order valence-corrected chi connectivity index (χ0v) is 22.3. The highest BCUT2D eigenvalue weighted by Crippen LogP contribution is 2.27. The van der Waals surface area contributed by atoms with Crippen molar-refractivity contribution in [1.29, 1.82) is 0 Å². The van der Waals surface area contributed by atoms with E-state index in [9.17, 15) is 4.79 Å². The van der Waals surface area contributed by atoms with Crippen LogP contribution in [0.4, 0.5) is 0 Å². The maximum Gasteiger partial charge on any atom is 0.335 e. The number of carboxylic acids is 1. The average Bonchev–Trinajstić information content (AvgIpc) is 2.86. The Morgan fingerprint density at radius 2 is 1.17 bits per heavy atom. The van der Waals surface area contributed by atoms with Crippen molar-refractivity contribution in [2.75, 3.05) is 6.61 Å². The summed E-state index contributed by atoms with van der Waals surface area (Å²) in [5.74, 6) is 0.0143. The van der Waals surface area contributed by atoms with Gasteiger partial charge in [0.1, 0.15) is 5.75 Å². The summed E-state index contributed by atoms with van der Waals surface area (Å²) in [5.41, 5.74) is 3.58. The van der Waals surface area contributed by atoms with E-state index in [1.807, 2.05) is 18.2 Å². The lowest BCUT2D eigenvalue weighted by Crippen LogP contribution is -1.98. The van der Waals surface area contributed by atoms with Gasteiger partial charge in [-0.25, -0.2) is 4.79 Å². The fraction of sp³-hybridized carbons (Fsp3) is 0.594. The monoisotopic (exact) mass is 480 g/mol. The molecule has 0 aliphatic rings. The van der Waals surface area contributed by atoms with Crippen LogP contribution >= 0.6 is 0 Å². The molecule has 0 unspecified atom stereocenters. The molecular weight excluding hydrogens is 432 g/mol. The minimum atomic E-state index is -0.897. The van der Waals surface area contributed by atoms with Crippen LogP contribution in [0.2, 0.25) is 0 Å². The second-order valence-electron chi connectivity index (χ2n) is 10.0. The Kier molecular flexibility index (Phi) is 14.9. The van der Waals surface area contributed by atoms with Gasteiger partial charge in [-0.3, -0.25) is 0 Å². The lowest BCUT2D eigenvalue weighted by molar-refractivity contribution is 0.0697. The molecule has 0 fully saturated rings. The van der Waals surface area contributed by atoms with E-state index in [1.165, 1.54) is 96.3 Å². The predicted molar refractivity (Wildman–Crippen MR) is 149 cm³/mol. The first kappa shape index (κ1) is 28.9. The topological polar surface area (TPSA) is 46.5 Å². The number of hydrogen-bond acceptors (Lipinski definition) is 2. The lowest BCUT2D eigenvalue weighted by atomic mass is 9.99. The van der Waals surface area contributed by atoms with Crippen LogP contribution in [-0.4, -0.2) is 17.7 Å². The van der Waals surface area contributed by atoms with Gasteiger partial charge in [0, 0.05) is 0 Å². The molecule has 0 aliphatic heterocycles.